The maximum atomic E-state index is 10.1. The summed E-state index contributed by atoms with van der Waals surface area (Å²) < 4.78 is 1.95. The van der Waals surface area contributed by atoms with Gasteiger partial charge < -0.3 is 14.6 Å². The number of aliphatic hydroxyl groups is 1. The topological polar surface area (TPSA) is 57.4 Å². The second kappa shape index (κ2) is 6.29. The zero-order valence-electron chi connectivity index (χ0n) is 13.3. The first kappa shape index (κ1) is 14.7. The van der Waals surface area contributed by atoms with E-state index in [9.17, 15) is 5.11 Å². The highest BCUT2D eigenvalue weighted by molar-refractivity contribution is 5.38. The summed E-state index contributed by atoms with van der Waals surface area (Å²) in [6, 6.07) is 4.32. The molecule has 0 amide bonds. The largest absolute Gasteiger partial charge is 0.391 e. The minimum absolute atomic E-state index is 0.137. The van der Waals surface area contributed by atoms with E-state index in [0.717, 1.165) is 57.1 Å². The van der Waals surface area contributed by atoms with Crippen molar-refractivity contribution in [3.05, 3.63) is 36.9 Å². The third-order valence-electron chi connectivity index (χ3n) is 5.04. The zero-order chi connectivity index (χ0) is 15.6. The second-order valence-electron chi connectivity index (χ2n) is 6.41. The summed E-state index contributed by atoms with van der Waals surface area (Å²) in [7, 11) is 0. The summed E-state index contributed by atoms with van der Waals surface area (Å²) in [5.41, 5.74) is 0. The lowest BCUT2D eigenvalue weighted by Gasteiger charge is -2.39. The molecule has 4 rings (SSSR count). The van der Waals surface area contributed by atoms with Gasteiger partial charge in [-0.15, -0.1) is 0 Å². The van der Waals surface area contributed by atoms with Crippen LogP contribution in [-0.4, -0.2) is 62.9 Å². The number of hydrogen-bond donors (Lipinski definition) is 1. The zero-order valence-corrected chi connectivity index (χ0v) is 13.3. The first-order valence-electron chi connectivity index (χ1n) is 8.44. The maximum absolute atomic E-state index is 10.1. The fourth-order valence-electron chi connectivity index (χ4n) is 3.73. The molecule has 122 valence electrons. The second-order valence-corrected chi connectivity index (χ2v) is 6.41. The Balaban J connectivity index is 1.38. The number of anilines is 1. The molecular formula is C17H23N5O. The van der Waals surface area contributed by atoms with Crippen LogP contribution < -0.4 is 4.90 Å². The molecule has 6 nitrogen and oxygen atoms in total. The van der Waals surface area contributed by atoms with E-state index in [1.807, 2.05) is 41.5 Å². The SMILES string of the molecule is OC1CCCC1N1CCN(c2cnc(-n3cccc3)cn2)CC1. The van der Waals surface area contributed by atoms with Crippen molar-refractivity contribution >= 4 is 5.82 Å². The van der Waals surface area contributed by atoms with Crippen LogP contribution in [0.5, 0.6) is 0 Å². The van der Waals surface area contributed by atoms with Crippen molar-refractivity contribution in [2.45, 2.75) is 31.4 Å². The van der Waals surface area contributed by atoms with Gasteiger partial charge in [0, 0.05) is 44.6 Å². The molecule has 2 unspecified atom stereocenters. The molecule has 1 saturated heterocycles. The highest BCUT2D eigenvalue weighted by Gasteiger charge is 2.32. The van der Waals surface area contributed by atoms with E-state index in [0.29, 0.717) is 6.04 Å². The van der Waals surface area contributed by atoms with Gasteiger partial charge in [-0.2, -0.15) is 0 Å². The number of hydrogen-bond acceptors (Lipinski definition) is 5. The van der Waals surface area contributed by atoms with Crippen molar-refractivity contribution in [2.75, 3.05) is 31.1 Å². The molecular weight excluding hydrogens is 290 g/mol. The van der Waals surface area contributed by atoms with Crippen LogP contribution in [0.1, 0.15) is 19.3 Å². The van der Waals surface area contributed by atoms with Crippen molar-refractivity contribution in [1.29, 1.82) is 0 Å². The molecule has 2 aromatic heterocycles. The van der Waals surface area contributed by atoms with E-state index in [2.05, 4.69) is 19.8 Å². The third-order valence-corrected chi connectivity index (χ3v) is 5.04. The molecule has 1 saturated carbocycles. The molecule has 0 bridgehead atoms. The molecule has 6 heteroatoms. The molecule has 0 spiro atoms. The van der Waals surface area contributed by atoms with E-state index < -0.39 is 0 Å². The van der Waals surface area contributed by atoms with Crippen molar-refractivity contribution in [3.63, 3.8) is 0 Å². The lowest BCUT2D eigenvalue weighted by Crippen LogP contribution is -2.52. The monoisotopic (exact) mass is 313 g/mol. The Morgan fingerprint density at radius 2 is 1.61 bits per heavy atom. The number of aliphatic hydroxyl groups excluding tert-OH is 1. The summed E-state index contributed by atoms with van der Waals surface area (Å²) in [5, 5.41) is 10.1. The van der Waals surface area contributed by atoms with Crippen LogP contribution in [0.2, 0.25) is 0 Å². The molecule has 2 fully saturated rings. The minimum atomic E-state index is -0.137. The summed E-state index contributed by atoms with van der Waals surface area (Å²) in [5.74, 6) is 1.78. The van der Waals surface area contributed by atoms with Crippen molar-refractivity contribution in [3.8, 4) is 5.82 Å². The van der Waals surface area contributed by atoms with Gasteiger partial charge in [0.05, 0.1) is 18.5 Å². The Labute approximate surface area is 136 Å². The molecule has 2 aliphatic rings. The van der Waals surface area contributed by atoms with Gasteiger partial charge in [0.15, 0.2) is 5.82 Å². The number of piperazine rings is 1. The smallest absolute Gasteiger partial charge is 0.155 e. The Kier molecular flexibility index (Phi) is 4.01. The van der Waals surface area contributed by atoms with Crippen LogP contribution in [0.4, 0.5) is 5.82 Å². The molecule has 0 aromatic carbocycles. The average molecular weight is 313 g/mol. The molecule has 1 N–H and O–H groups in total. The van der Waals surface area contributed by atoms with Gasteiger partial charge >= 0.3 is 0 Å². The molecule has 3 heterocycles. The van der Waals surface area contributed by atoms with E-state index in [1.54, 1.807) is 0 Å². The van der Waals surface area contributed by atoms with Gasteiger partial charge in [0.25, 0.3) is 0 Å². The van der Waals surface area contributed by atoms with E-state index >= 15 is 0 Å². The number of nitrogens with zero attached hydrogens (tertiary/aromatic N) is 5. The maximum Gasteiger partial charge on any atom is 0.155 e. The van der Waals surface area contributed by atoms with E-state index in [-0.39, 0.29) is 6.10 Å². The summed E-state index contributed by atoms with van der Waals surface area (Å²) >= 11 is 0. The van der Waals surface area contributed by atoms with Crippen molar-refractivity contribution in [2.24, 2.45) is 0 Å². The van der Waals surface area contributed by atoms with Gasteiger partial charge in [-0.25, -0.2) is 9.97 Å². The Morgan fingerprint density at radius 1 is 0.913 bits per heavy atom. The standard InChI is InChI=1S/C17H23N5O/c23-15-5-3-4-14(15)20-8-10-22(11-9-20)17-13-18-16(12-19-17)21-6-1-2-7-21/h1-2,6-7,12-15,23H,3-5,8-11H2. The summed E-state index contributed by atoms with van der Waals surface area (Å²) in [6.07, 6.45) is 10.7. The highest BCUT2D eigenvalue weighted by Crippen LogP contribution is 2.25. The Bertz CT molecular complexity index is 619. The lowest BCUT2D eigenvalue weighted by atomic mass is 10.1. The fourth-order valence-corrected chi connectivity index (χ4v) is 3.73. The molecule has 0 radical (unpaired) electrons. The van der Waals surface area contributed by atoms with Crippen LogP contribution in [0.3, 0.4) is 0 Å². The highest BCUT2D eigenvalue weighted by atomic mass is 16.3. The quantitative estimate of drug-likeness (QED) is 0.926. The normalized spacial score (nSPS) is 25.9. The van der Waals surface area contributed by atoms with Gasteiger partial charge in [-0.1, -0.05) is 0 Å². The Morgan fingerprint density at radius 3 is 2.22 bits per heavy atom. The molecule has 23 heavy (non-hydrogen) atoms. The van der Waals surface area contributed by atoms with Crippen LogP contribution in [-0.2, 0) is 0 Å². The van der Waals surface area contributed by atoms with Gasteiger partial charge in [0.1, 0.15) is 5.82 Å². The number of rotatable bonds is 3. The lowest BCUT2D eigenvalue weighted by molar-refractivity contribution is 0.0670. The first-order valence-corrected chi connectivity index (χ1v) is 8.44. The molecule has 2 atom stereocenters. The average Bonchev–Trinajstić information content (AvgIpc) is 3.27. The summed E-state index contributed by atoms with van der Waals surface area (Å²) in [4.78, 5) is 13.8. The van der Waals surface area contributed by atoms with Crippen LogP contribution in [0.25, 0.3) is 5.82 Å². The minimum Gasteiger partial charge on any atom is -0.391 e. The van der Waals surface area contributed by atoms with Crippen molar-refractivity contribution in [1.82, 2.24) is 19.4 Å². The van der Waals surface area contributed by atoms with Gasteiger partial charge in [-0.05, 0) is 31.4 Å². The van der Waals surface area contributed by atoms with Crippen LogP contribution in [0, 0.1) is 0 Å². The molecule has 2 aromatic rings. The summed E-state index contributed by atoms with van der Waals surface area (Å²) in [6.45, 7) is 3.87. The molecule has 1 aliphatic carbocycles. The van der Waals surface area contributed by atoms with Crippen LogP contribution >= 0.6 is 0 Å². The predicted octanol–water partition coefficient (Wildman–Crippen LogP) is 1.30. The van der Waals surface area contributed by atoms with Crippen LogP contribution in [0.15, 0.2) is 36.9 Å². The predicted molar refractivity (Wildman–Crippen MR) is 88.8 cm³/mol. The van der Waals surface area contributed by atoms with Crippen molar-refractivity contribution < 1.29 is 5.11 Å². The Hall–Kier alpha value is -1.92. The fraction of sp³-hybridized carbons (Fsp3) is 0.529. The van der Waals surface area contributed by atoms with Gasteiger partial charge in [0.2, 0.25) is 0 Å². The number of aromatic nitrogens is 3. The molecule has 1 aliphatic heterocycles. The van der Waals surface area contributed by atoms with E-state index in [4.69, 9.17) is 0 Å². The van der Waals surface area contributed by atoms with E-state index in [1.165, 1.54) is 0 Å². The third kappa shape index (κ3) is 2.96. The first-order chi connectivity index (χ1) is 11.3. The van der Waals surface area contributed by atoms with Gasteiger partial charge in [-0.3, -0.25) is 4.90 Å².